The number of amides is 1. The van der Waals surface area contributed by atoms with Crippen LogP contribution in [0.4, 0.5) is 5.82 Å². The Kier molecular flexibility index (Phi) is 5.51. The summed E-state index contributed by atoms with van der Waals surface area (Å²) in [6, 6.07) is 17.1. The highest BCUT2D eigenvalue weighted by Gasteiger charge is 2.18. The van der Waals surface area contributed by atoms with E-state index in [4.69, 9.17) is 4.74 Å². The van der Waals surface area contributed by atoms with Crippen LogP contribution in [0.15, 0.2) is 67.1 Å². The van der Waals surface area contributed by atoms with E-state index in [0.717, 1.165) is 11.4 Å². The predicted molar refractivity (Wildman–Crippen MR) is 129 cm³/mol. The summed E-state index contributed by atoms with van der Waals surface area (Å²) in [6.45, 7) is 5.86. The van der Waals surface area contributed by atoms with Gasteiger partial charge in [0, 0.05) is 6.07 Å². The molecule has 1 N–H and O–H groups in total. The maximum absolute atomic E-state index is 12.6. The van der Waals surface area contributed by atoms with Crippen LogP contribution >= 0.6 is 0 Å². The first kappa shape index (κ1) is 21.3. The van der Waals surface area contributed by atoms with E-state index in [-0.39, 0.29) is 12.5 Å². The number of nitrogens with one attached hydrogen (secondary N) is 1. The van der Waals surface area contributed by atoms with Gasteiger partial charge in [0.15, 0.2) is 18.1 Å². The number of nitrogens with zero attached hydrogens (tertiary/aromatic N) is 6. The number of hydrogen-bond donors (Lipinski definition) is 1. The fourth-order valence-corrected chi connectivity index (χ4v) is 3.64. The van der Waals surface area contributed by atoms with Crippen molar-refractivity contribution in [2.45, 2.75) is 20.8 Å². The SMILES string of the molecule is Cc1cc(NC(=O)COc2ccccc2)n(-c2ncnc3c2cnn3-c2ccc(C)c(C)c2)n1. The zero-order valence-corrected chi connectivity index (χ0v) is 19.1. The van der Waals surface area contributed by atoms with Crippen molar-refractivity contribution in [3.05, 3.63) is 83.9 Å². The van der Waals surface area contributed by atoms with Crippen molar-refractivity contribution >= 4 is 22.8 Å². The molecule has 0 spiro atoms. The van der Waals surface area contributed by atoms with Crippen LogP contribution in [0.1, 0.15) is 16.8 Å². The van der Waals surface area contributed by atoms with Crippen LogP contribution in [0.5, 0.6) is 5.75 Å². The van der Waals surface area contributed by atoms with Crippen molar-refractivity contribution in [1.82, 2.24) is 29.5 Å². The normalized spacial score (nSPS) is 11.0. The van der Waals surface area contributed by atoms with Gasteiger partial charge >= 0.3 is 0 Å². The van der Waals surface area contributed by atoms with Gasteiger partial charge < -0.3 is 10.1 Å². The molecule has 170 valence electrons. The van der Waals surface area contributed by atoms with Gasteiger partial charge in [0.05, 0.1) is 23.0 Å². The molecule has 0 aliphatic rings. The standard InChI is InChI=1S/C25H23N7O2/c1-16-9-10-19(11-17(16)2)31-24-21(13-28-31)25(27-15-26-24)32-22(12-18(3)30-32)29-23(33)14-34-20-7-5-4-6-8-20/h4-13,15H,14H2,1-3H3,(H,29,33). The van der Waals surface area contributed by atoms with Crippen LogP contribution < -0.4 is 10.1 Å². The third-order valence-electron chi connectivity index (χ3n) is 5.49. The Labute approximate surface area is 196 Å². The van der Waals surface area contributed by atoms with Gasteiger partial charge in [-0.1, -0.05) is 24.3 Å². The minimum atomic E-state index is -0.305. The molecule has 9 nitrogen and oxygen atoms in total. The number of ether oxygens (including phenoxy) is 1. The molecule has 3 heterocycles. The van der Waals surface area contributed by atoms with Gasteiger partial charge in [0.1, 0.15) is 17.9 Å². The molecule has 2 aromatic carbocycles. The Morgan fingerprint density at radius 3 is 2.59 bits per heavy atom. The summed E-state index contributed by atoms with van der Waals surface area (Å²) in [5.74, 6) is 1.32. The molecular formula is C25H23N7O2. The third-order valence-corrected chi connectivity index (χ3v) is 5.49. The van der Waals surface area contributed by atoms with Gasteiger partial charge in [-0.15, -0.1) is 0 Å². The van der Waals surface area contributed by atoms with Crippen molar-refractivity contribution in [2.75, 3.05) is 11.9 Å². The zero-order chi connectivity index (χ0) is 23.7. The summed E-state index contributed by atoms with van der Waals surface area (Å²) < 4.78 is 8.91. The Hall–Kier alpha value is -4.53. The first-order valence-corrected chi connectivity index (χ1v) is 10.8. The number of aromatic nitrogens is 6. The first-order valence-electron chi connectivity index (χ1n) is 10.8. The maximum atomic E-state index is 12.6. The minimum Gasteiger partial charge on any atom is -0.484 e. The molecule has 0 fully saturated rings. The van der Waals surface area contributed by atoms with Gasteiger partial charge in [0.2, 0.25) is 0 Å². The average Bonchev–Trinajstić information content (AvgIpc) is 3.43. The number of aryl methyl sites for hydroxylation is 3. The van der Waals surface area contributed by atoms with Crippen molar-refractivity contribution < 1.29 is 9.53 Å². The van der Waals surface area contributed by atoms with Crippen LogP contribution in [0.25, 0.3) is 22.5 Å². The van der Waals surface area contributed by atoms with Gasteiger partial charge in [-0.25, -0.2) is 14.6 Å². The van der Waals surface area contributed by atoms with E-state index in [1.807, 2.05) is 31.2 Å². The highest BCUT2D eigenvalue weighted by molar-refractivity contribution is 5.92. The van der Waals surface area contributed by atoms with Gasteiger partial charge in [-0.3, -0.25) is 4.79 Å². The summed E-state index contributed by atoms with van der Waals surface area (Å²) in [4.78, 5) is 21.5. The highest BCUT2D eigenvalue weighted by Crippen LogP contribution is 2.25. The number of carbonyl (C=O) groups excluding carboxylic acids is 1. The number of anilines is 1. The second kappa shape index (κ2) is 8.78. The Bertz CT molecular complexity index is 1490. The van der Waals surface area contributed by atoms with E-state index in [0.29, 0.717) is 28.4 Å². The summed E-state index contributed by atoms with van der Waals surface area (Å²) in [5, 5.41) is 12.7. The monoisotopic (exact) mass is 453 g/mol. The van der Waals surface area contributed by atoms with E-state index in [2.05, 4.69) is 51.5 Å². The van der Waals surface area contributed by atoms with Gasteiger partial charge in [0.25, 0.3) is 5.91 Å². The number of rotatable bonds is 6. The molecule has 0 aliphatic carbocycles. The topological polar surface area (TPSA) is 99.7 Å². The Morgan fingerprint density at radius 2 is 1.79 bits per heavy atom. The zero-order valence-electron chi connectivity index (χ0n) is 19.1. The fourth-order valence-electron chi connectivity index (χ4n) is 3.64. The molecule has 0 saturated carbocycles. The summed E-state index contributed by atoms with van der Waals surface area (Å²) >= 11 is 0. The number of hydrogen-bond acceptors (Lipinski definition) is 6. The van der Waals surface area contributed by atoms with Crippen LogP contribution in [0.2, 0.25) is 0 Å². The molecule has 5 rings (SSSR count). The summed E-state index contributed by atoms with van der Waals surface area (Å²) in [6.07, 6.45) is 3.18. The van der Waals surface area contributed by atoms with E-state index in [1.54, 1.807) is 33.8 Å². The first-order chi connectivity index (χ1) is 16.5. The van der Waals surface area contributed by atoms with E-state index >= 15 is 0 Å². The van der Waals surface area contributed by atoms with Crippen LogP contribution in [0, 0.1) is 20.8 Å². The molecular weight excluding hydrogens is 430 g/mol. The smallest absolute Gasteiger partial charge is 0.263 e. The van der Waals surface area contributed by atoms with E-state index in [1.165, 1.54) is 17.5 Å². The summed E-state index contributed by atoms with van der Waals surface area (Å²) in [7, 11) is 0. The van der Waals surface area contributed by atoms with Crippen LogP contribution in [-0.4, -0.2) is 42.0 Å². The maximum Gasteiger partial charge on any atom is 0.263 e. The van der Waals surface area contributed by atoms with E-state index < -0.39 is 0 Å². The molecule has 0 atom stereocenters. The van der Waals surface area contributed by atoms with Crippen molar-refractivity contribution in [2.24, 2.45) is 0 Å². The fraction of sp³-hybridized carbons (Fsp3) is 0.160. The molecule has 34 heavy (non-hydrogen) atoms. The number of benzene rings is 2. The molecule has 1 amide bonds. The Morgan fingerprint density at radius 1 is 0.971 bits per heavy atom. The van der Waals surface area contributed by atoms with Crippen LogP contribution in [-0.2, 0) is 4.79 Å². The highest BCUT2D eigenvalue weighted by atomic mass is 16.5. The molecule has 9 heteroatoms. The lowest BCUT2D eigenvalue weighted by Crippen LogP contribution is -2.22. The number of para-hydroxylation sites is 1. The van der Waals surface area contributed by atoms with Crippen molar-refractivity contribution in [3.63, 3.8) is 0 Å². The Balaban J connectivity index is 1.46. The second-order valence-electron chi connectivity index (χ2n) is 7.99. The number of fused-ring (bicyclic) bond motifs is 1. The largest absolute Gasteiger partial charge is 0.484 e. The number of carbonyl (C=O) groups is 1. The molecule has 0 aliphatic heterocycles. The quantitative estimate of drug-likeness (QED) is 0.418. The molecule has 0 radical (unpaired) electrons. The molecule has 0 unspecified atom stereocenters. The third kappa shape index (κ3) is 4.11. The lowest BCUT2D eigenvalue weighted by Gasteiger charge is -2.10. The lowest BCUT2D eigenvalue weighted by atomic mass is 10.1. The molecule has 0 saturated heterocycles. The lowest BCUT2D eigenvalue weighted by molar-refractivity contribution is -0.118. The average molecular weight is 454 g/mol. The van der Waals surface area contributed by atoms with E-state index in [9.17, 15) is 4.79 Å². The van der Waals surface area contributed by atoms with Gasteiger partial charge in [-0.05, 0) is 56.2 Å². The minimum absolute atomic E-state index is 0.127. The summed E-state index contributed by atoms with van der Waals surface area (Å²) in [5.41, 5.74) is 4.66. The molecule has 3 aromatic heterocycles. The van der Waals surface area contributed by atoms with Crippen LogP contribution in [0.3, 0.4) is 0 Å². The second-order valence-corrected chi connectivity index (χ2v) is 7.99. The van der Waals surface area contributed by atoms with Crippen molar-refractivity contribution in [1.29, 1.82) is 0 Å². The predicted octanol–water partition coefficient (Wildman–Crippen LogP) is 3.94. The molecule has 0 bridgehead atoms. The molecule has 5 aromatic rings. The van der Waals surface area contributed by atoms with Gasteiger partial charge in [-0.2, -0.15) is 14.9 Å². The van der Waals surface area contributed by atoms with Crippen molar-refractivity contribution in [3.8, 4) is 17.3 Å².